The highest BCUT2D eigenvalue weighted by molar-refractivity contribution is 5.95. The summed E-state index contributed by atoms with van der Waals surface area (Å²) in [4.78, 5) is 25.9. The maximum absolute atomic E-state index is 12.3. The van der Waals surface area contributed by atoms with E-state index in [1.807, 2.05) is 51.1 Å². The van der Waals surface area contributed by atoms with Gasteiger partial charge in [-0.15, -0.1) is 0 Å². The molecule has 1 aliphatic rings. The summed E-state index contributed by atoms with van der Waals surface area (Å²) in [5.74, 6) is 1.78. The SMILES string of the molecule is COc1cc(C(C)NC(=O)COc2ccc(N3CCCC3=O)cc2)ccc1OC(C)C. The van der Waals surface area contributed by atoms with Crippen LogP contribution in [0, 0.1) is 0 Å². The molecule has 2 aromatic carbocycles. The predicted octanol–water partition coefficient (Wildman–Crippen LogP) is 3.87. The summed E-state index contributed by atoms with van der Waals surface area (Å²) >= 11 is 0. The van der Waals surface area contributed by atoms with E-state index in [4.69, 9.17) is 14.2 Å². The molecule has 1 heterocycles. The van der Waals surface area contributed by atoms with Gasteiger partial charge in [-0.3, -0.25) is 9.59 Å². The maximum Gasteiger partial charge on any atom is 0.258 e. The molecule has 0 radical (unpaired) electrons. The van der Waals surface area contributed by atoms with E-state index in [1.165, 1.54) is 0 Å². The lowest BCUT2D eigenvalue weighted by Gasteiger charge is -2.18. The van der Waals surface area contributed by atoms with Gasteiger partial charge >= 0.3 is 0 Å². The zero-order chi connectivity index (χ0) is 22.4. The number of carbonyl (C=O) groups excluding carboxylic acids is 2. The highest BCUT2D eigenvalue weighted by Crippen LogP contribution is 2.31. The second kappa shape index (κ2) is 10.2. The van der Waals surface area contributed by atoms with Crippen molar-refractivity contribution in [3.8, 4) is 17.2 Å². The predicted molar refractivity (Wildman–Crippen MR) is 119 cm³/mol. The van der Waals surface area contributed by atoms with Crippen LogP contribution in [0.1, 0.15) is 45.2 Å². The molecule has 0 aliphatic carbocycles. The Kier molecular flexibility index (Phi) is 7.39. The van der Waals surface area contributed by atoms with Gasteiger partial charge in [0.25, 0.3) is 5.91 Å². The molecule has 166 valence electrons. The summed E-state index contributed by atoms with van der Waals surface area (Å²) in [6.07, 6.45) is 1.52. The second-order valence-corrected chi connectivity index (χ2v) is 7.80. The van der Waals surface area contributed by atoms with E-state index >= 15 is 0 Å². The van der Waals surface area contributed by atoms with Crippen molar-refractivity contribution in [2.45, 2.75) is 45.8 Å². The Morgan fingerprint density at radius 1 is 1.10 bits per heavy atom. The van der Waals surface area contributed by atoms with E-state index in [0.717, 1.165) is 24.2 Å². The van der Waals surface area contributed by atoms with Crippen molar-refractivity contribution in [3.05, 3.63) is 48.0 Å². The number of ether oxygens (including phenoxy) is 3. The first kappa shape index (κ1) is 22.5. The second-order valence-electron chi connectivity index (χ2n) is 7.80. The van der Waals surface area contributed by atoms with E-state index in [2.05, 4.69) is 5.32 Å². The van der Waals surface area contributed by atoms with E-state index in [-0.39, 0.29) is 30.6 Å². The summed E-state index contributed by atoms with van der Waals surface area (Å²) in [6, 6.07) is 12.6. The molecule has 1 N–H and O–H groups in total. The molecule has 0 aromatic heterocycles. The number of hydrogen-bond donors (Lipinski definition) is 1. The number of nitrogens with zero attached hydrogens (tertiary/aromatic N) is 1. The van der Waals surface area contributed by atoms with Crippen LogP contribution in [0.2, 0.25) is 0 Å². The van der Waals surface area contributed by atoms with Crippen molar-refractivity contribution < 1.29 is 23.8 Å². The summed E-state index contributed by atoms with van der Waals surface area (Å²) in [6.45, 7) is 6.45. The topological polar surface area (TPSA) is 77.1 Å². The van der Waals surface area contributed by atoms with Crippen LogP contribution in [0.25, 0.3) is 0 Å². The van der Waals surface area contributed by atoms with Crippen molar-refractivity contribution in [2.75, 3.05) is 25.2 Å². The molecule has 7 nitrogen and oxygen atoms in total. The lowest BCUT2D eigenvalue weighted by molar-refractivity contribution is -0.123. The number of carbonyl (C=O) groups is 2. The van der Waals surface area contributed by atoms with E-state index < -0.39 is 0 Å². The fourth-order valence-electron chi connectivity index (χ4n) is 3.46. The first-order valence-corrected chi connectivity index (χ1v) is 10.5. The number of nitrogens with one attached hydrogen (secondary N) is 1. The molecule has 2 amide bonds. The molecule has 31 heavy (non-hydrogen) atoms. The zero-order valence-electron chi connectivity index (χ0n) is 18.5. The highest BCUT2D eigenvalue weighted by Gasteiger charge is 2.21. The number of amides is 2. The van der Waals surface area contributed by atoms with Gasteiger partial charge in [0.15, 0.2) is 18.1 Å². The summed E-state index contributed by atoms with van der Waals surface area (Å²) in [7, 11) is 1.59. The van der Waals surface area contributed by atoms with Gasteiger partial charge in [-0.05, 0) is 69.2 Å². The summed E-state index contributed by atoms with van der Waals surface area (Å²) in [5.41, 5.74) is 1.76. The van der Waals surface area contributed by atoms with Gasteiger partial charge in [0.2, 0.25) is 5.91 Å². The zero-order valence-corrected chi connectivity index (χ0v) is 18.5. The molecule has 1 fully saturated rings. The van der Waals surface area contributed by atoms with E-state index in [9.17, 15) is 9.59 Å². The van der Waals surface area contributed by atoms with Gasteiger partial charge in [-0.2, -0.15) is 0 Å². The minimum absolute atomic E-state index is 0.0407. The molecule has 0 bridgehead atoms. The Morgan fingerprint density at radius 3 is 2.45 bits per heavy atom. The number of anilines is 1. The molecule has 1 unspecified atom stereocenters. The molecule has 7 heteroatoms. The summed E-state index contributed by atoms with van der Waals surface area (Å²) < 4.78 is 16.7. The standard InChI is InChI=1S/C24H30N2O5/c1-16(2)31-21-12-7-18(14-22(21)29-4)17(3)25-23(27)15-30-20-10-8-19(9-11-20)26-13-5-6-24(26)28/h7-12,14,16-17H,5-6,13,15H2,1-4H3,(H,25,27). The van der Waals surface area contributed by atoms with Gasteiger partial charge in [0.05, 0.1) is 19.3 Å². The first-order valence-electron chi connectivity index (χ1n) is 10.5. The Morgan fingerprint density at radius 2 is 1.84 bits per heavy atom. The fraction of sp³-hybridized carbons (Fsp3) is 0.417. The molecular weight excluding hydrogens is 396 g/mol. The average Bonchev–Trinajstić information content (AvgIpc) is 3.18. The Bertz CT molecular complexity index is 911. The van der Waals surface area contributed by atoms with Gasteiger partial charge in [0, 0.05) is 18.7 Å². The van der Waals surface area contributed by atoms with Crippen molar-refractivity contribution in [2.24, 2.45) is 0 Å². The van der Waals surface area contributed by atoms with Crippen molar-refractivity contribution >= 4 is 17.5 Å². The van der Waals surface area contributed by atoms with Crippen LogP contribution in [0.3, 0.4) is 0 Å². The minimum Gasteiger partial charge on any atom is -0.493 e. The smallest absolute Gasteiger partial charge is 0.258 e. The van der Waals surface area contributed by atoms with Crippen LogP contribution in [0.5, 0.6) is 17.2 Å². The molecule has 1 atom stereocenters. The average molecular weight is 427 g/mol. The van der Waals surface area contributed by atoms with Crippen molar-refractivity contribution in [1.82, 2.24) is 5.32 Å². The molecule has 3 rings (SSSR count). The molecule has 1 saturated heterocycles. The Hall–Kier alpha value is -3.22. The van der Waals surface area contributed by atoms with Crippen LogP contribution in [-0.2, 0) is 9.59 Å². The van der Waals surface area contributed by atoms with E-state index in [0.29, 0.717) is 23.7 Å². The fourth-order valence-corrected chi connectivity index (χ4v) is 3.46. The molecular formula is C24H30N2O5. The van der Waals surface area contributed by atoms with Gasteiger partial charge in [-0.25, -0.2) is 0 Å². The highest BCUT2D eigenvalue weighted by atomic mass is 16.5. The third-order valence-electron chi connectivity index (χ3n) is 5.02. The van der Waals surface area contributed by atoms with Crippen LogP contribution in [0.4, 0.5) is 5.69 Å². The van der Waals surface area contributed by atoms with Gasteiger partial charge in [-0.1, -0.05) is 6.07 Å². The van der Waals surface area contributed by atoms with Gasteiger partial charge < -0.3 is 24.4 Å². The number of rotatable bonds is 9. The molecule has 2 aromatic rings. The number of benzene rings is 2. The lowest BCUT2D eigenvalue weighted by atomic mass is 10.1. The molecule has 0 spiro atoms. The third kappa shape index (κ3) is 5.90. The largest absolute Gasteiger partial charge is 0.493 e. The van der Waals surface area contributed by atoms with Crippen LogP contribution in [-0.4, -0.2) is 38.2 Å². The summed E-state index contributed by atoms with van der Waals surface area (Å²) in [5, 5.41) is 2.93. The quantitative estimate of drug-likeness (QED) is 0.659. The lowest BCUT2D eigenvalue weighted by Crippen LogP contribution is -2.31. The normalized spacial score (nSPS) is 14.5. The Labute approximate surface area is 183 Å². The van der Waals surface area contributed by atoms with Crippen LogP contribution < -0.4 is 24.4 Å². The van der Waals surface area contributed by atoms with Crippen molar-refractivity contribution in [1.29, 1.82) is 0 Å². The maximum atomic E-state index is 12.3. The number of hydrogen-bond acceptors (Lipinski definition) is 5. The third-order valence-corrected chi connectivity index (χ3v) is 5.02. The monoisotopic (exact) mass is 426 g/mol. The Balaban J connectivity index is 1.53. The van der Waals surface area contributed by atoms with Gasteiger partial charge in [0.1, 0.15) is 5.75 Å². The number of methoxy groups -OCH3 is 1. The first-order chi connectivity index (χ1) is 14.9. The van der Waals surface area contributed by atoms with E-state index in [1.54, 1.807) is 24.1 Å². The van der Waals surface area contributed by atoms with Crippen molar-refractivity contribution in [3.63, 3.8) is 0 Å². The minimum atomic E-state index is -0.229. The molecule has 0 saturated carbocycles. The molecule has 1 aliphatic heterocycles. The van der Waals surface area contributed by atoms with Crippen LogP contribution in [0.15, 0.2) is 42.5 Å². The van der Waals surface area contributed by atoms with Crippen LogP contribution >= 0.6 is 0 Å².